The van der Waals surface area contributed by atoms with E-state index in [0.717, 1.165) is 12.8 Å². The van der Waals surface area contributed by atoms with Crippen LogP contribution in [-0.4, -0.2) is 24.5 Å². The van der Waals surface area contributed by atoms with E-state index in [0.29, 0.717) is 0 Å². The number of hydrogen-bond donors (Lipinski definition) is 1. The second-order valence-corrected chi connectivity index (χ2v) is 4.70. The first-order valence-electron chi connectivity index (χ1n) is 5.15. The Kier molecular flexibility index (Phi) is 2.26. The minimum absolute atomic E-state index is 0.0411. The molecule has 86 valence electrons. The van der Waals surface area contributed by atoms with Crippen LogP contribution >= 0.6 is 0 Å². The zero-order chi connectivity index (χ0) is 11.3. The molecule has 0 aromatic heterocycles. The van der Waals surface area contributed by atoms with Crippen LogP contribution in [-0.2, 0) is 9.53 Å². The predicted octanol–water partition coefficient (Wildman–Crippen LogP) is 1.31. The van der Waals surface area contributed by atoms with E-state index in [1.54, 1.807) is 0 Å². The number of nitrogens with two attached hydrogens (primary N) is 1. The molecule has 2 saturated carbocycles. The van der Waals surface area contributed by atoms with E-state index in [1.807, 2.05) is 0 Å². The number of carbonyl (C=O) groups excluding carboxylic acids is 1. The van der Waals surface area contributed by atoms with Crippen LogP contribution in [0.1, 0.15) is 25.7 Å². The third-order valence-electron chi connectivity index (χ3n) is 3.34. The Morgan fingerprint density at radius 3 is 2.67 bits per heavy atom. The van der Waals surface area contributed by atoms with Gasteiger partial charge in [0.05, 0.1) is 13.0 Å². The van der Waals surface area contributed by atoms with Gasteiger partial charge in [0.15, 0.2) is 0 Å². The maximum Gasteiger partial charge on any atom is 0.326 e. The molecule has 2 fully saturated rings. The van der Waals surface area contributed by atoms with Crippen LogP contribution in [0.5, 0.6) is 0 Å². The van der Waals surface area contributed by atoms with Crippen LogP contribution in [0.2, 0.25) is 0 Å². The lowest BCUT2D eigenvalue weighted by Crippen LogP contribution is -2.41. The van der Waals surface area contributed by atoms with Crippen LogP contribution in [0.4, 0.5) is 8.78 Å². The van der Waals surface area contributed by atoms with Crippen molar-refractivity contribution in [2.45, 2.75) is 37.1 Å². The van der Waals surface area contributed by atoms with Crippen molar-refractivity contribution in [2.24, 2.45) is 17.6 Å². The van der Waals surface area contributed by atoms with Crippen LogP contribution in [0.15, 0.2) is 0 Å². The minimum Gasteiger partial charge on any atom is -0.468 e. The maximum absolute atomic E-state index is 13.6. The number of alkyl halides is 2. The Labute approximate surface area is 87.0 Å². The summed E-state index contributed by atoms with van der Waals surface area (Å²) in [6, 6.07) is 0. The fraction of sp³-hybridized carbons (Fsp3) is 0.900. The van der Waals surface area contributed by atoms with Gasteiger partial charge in [0, 0.05) is 6.42 Å². The van der Waals surface area contributed by atoms with Crippen molar-refractivity contribution >= 4 is 5.97 Å². The standard InChI is InChI=1S/C10H15F2NO2/c1-15-8(14)9(13)5-7(9)10(11,12)4-6-2-3-6/h6-7H,2-5,13H2,1H3. The molecule has 0 spiro atoms. The van der Waals surface area contributed by atoms with Gasteiger partial charge in [-0.3, -0.25) is 4.79 Å². The van der Waals surface area contributed by atoms with E-state index >= 15 is 0 Å². The van der Waals surface area contributed by atoms with Gasteiger partial charge in [-0.25, -0.2) is 8.78 Å². The first-order chi connectivity index (χ1) is 6.90. The lowest BCUT2D eigenvalue weighted by atomic mass is 10.0. The van der Waals surface area contributed by atoms with Crippen molar-refractivity contribution < 1.29 is 18.3 Å². The molecular formula is C10H15F2NO2. The number of methoxy groups -OCH3 is 1. The Morgan fingerprint density at radius 1 is 1.60 bits per heavy atom. The van der Waals surface area contributed by atoms with Crippen LogP contribution in [0.3, 0.4) is 0 Å². The van der Waals surface area contributed by atoms with Gasteiger partial charge in [0.2, 0.25) is 0 Å². The molecule has 0 aliphatic heterocycles. The number of halogens is 2. The molecule has 2 aliphatic rings. The van der Waals surface area contributed by atoms with Crippen molar-refractivity contribution in [3.63, 3.8) is 0 Å². The Hall–Kier alpha value is -0.710. The molecule has 2 N–H and O–H groups in total. The second kappa shape index (κ2) is 3.14. The van der Waals surface area contributed by atoms with E-state index in [4.69, 9.17) is 5.73 Å². The van der Waals surface area contributed by atoms with Gasteiger partial charge in [0.25, 0.3) is 5.92 Å². The second-order valence-electron chi connectivity index (χ2n) is 4.70. The molecule has 3 nitrogen and oxygen atoms in total. The summed E-state index contributed by atoms with van der Waals surface area (Å²) >= 11 is 0. The average Bonchev–Trinajstić information content (AvgIpc) is 3.02. The molecule has 2 atom stereocenters. The SMILES string of the molecule is COC(=O)C1(N)CC1C(F)(F)CC1CC1. The first kappa shape index (κ1) is 10.8. The maximum atomic E-state index is 13.6. The smallest absolute Gasteiger partial charge is 0.326 e. The minimum atomic E-state index is -2.82. The molecule has 0 heterocycles. The molecule has 5 heteroatoms. The molecule has 2 rings (SSSR count). The highest BCUT2D eigenvalue weighted by Crippen LogP contribution is 2.55. The fourth-order valence-corrected chi connectivity index (χ4v) is 2.07. The van der Waals surface area contributed by atoms with Crippen LogP contribution in [0.25, 0.3) is 0 Å². The summed E-state index contributed by atoms with van der Waals surface area (Å²) in [4.78, 5) is 11.2. The van der Waals surface area contributed by atoms with Crippen LogP contribution in [0, 0.1) is 11.8 Å². The summed E-state index contributed by atoms with van der Waals surface area (Å²) in [5.74, 6) is -4.44. The molecule has 15 heavy (non-hydrogen) atoms. The van der Waals surface area contributed by atoms with Crippen molar-refractivity contribution in [3.8, 4) is 0 Å². The van der Waals surface area contributed by atoms with E-state index in [9.17, 15) is 13.6 Å². The highest BCUT2D eigenvalue weighted by Gasteiger charge is 2.69. The summed E-state index contributed by atoms with van der Waals surface area (Å²) in [5, 5.41) is 0. The number of carbonyl (C=O) groups is 1. The van der Waals surface area contributed by atoms with Crippen molar-refractivity contribution in [1.29, 1.82) is 0 Å². The van der Waals surface area contributed by atoms with E-state index in [1.165, 1.54) is 7.11 Å². The average molecular weight is 219 g/mol. The molecule has 0 aromatic carbocycles. The number of rotatable bonds is 4. The molecule has 2 unspecified atom stereocenters. The zero-order valence-corrected chi connectivity index (χ0v) is 8.63. The van der Waals surface area contributed by atoms with Gasteiger partial charge in [0.1, 0.15) is 5.54 Å². The lowest BCUT2D eigenvalue weighted by molar-refractivity contribution is -0.146. The molecule has 0 bridgehead atoms. The van der Waals surface area contributed by atoms with Crippen molar-refractivity contribution in [2.75, 3.05) is 7.11 Å². The largest absolute Gasteiger partial charge is 0.468 e. The summed E-state index contributed by atoms with van der Waals surface area (Å²) < 4.78 is 31.6. The number of hydrogen-bond acceptors (Lipinski definition) is 3. The molecule has 0 aromatic rings. The monoisotopic (exact) mass is 219 g/mol. The van der Waals surface area contributed by atoms with Gasteiger partial charge in [-0.2, -0.15) is 0 Å². The number of esters is 1. The third-order valence-corrected chi connectivity index (χ3v) is 3.34. The Morgan fingerprint density at radius 2 is 2.20 bits per heavy atom. The quantitative estimate of drug-likeness (QED) is 0.725. The molecule has 0 amide bonds. The highest BCUT2D eigenvalue weighted by atomic mass is 19.3. The van der Waals surface area contributed by atoms with Crippen molar-refractivity contribution in [3.05, 3.63) is 0 Å². The molecule has 0 saturated heterocycles. The highest BCUT2D eigenvalue weighted by molar-refractivity contribution is 5.85. The lowest BCUT2D eigenvalue weighted by Gasteiger charge is -2.18. The first-order valence-corrected chi connectivity index (χ1v) is 5.15. The van der Waals surface area contributed by atoms with Crippen molar-refractivity contribution in [1.82, 2.24) is 0 Å². The molecule has 2 aliphatic carbocycles. The topological polar surface area (TPSA) is 52.3 Å². The molecule has 0 radical (unpaired) electrons. The van der Waals surface area contributed by atoms with Crippen LogP contribution < -0.4 is 5.73 Å². The third kappa shape index (κ3) is 1.85. The summed E-state index contributed by atoms with van der Waals surface area (Å²) in [6.07, 6.45) is 1.66. The normalized spacial score (nSPS) is 35.1. The van der Waals surface area contributed by atoms with Gasteiger partial charge in [-0.15, -0.1) is 0 Å². The van der Waals surface area contributed by atoms with E-state index in [-0.39, 0.29) is 18.8 Å². The summed E-state index contributed by atoms with van der Waals surface area (Å²) in [7, 11) is 1.17. The zero-order valence-electron chi connectivity index (χ0n) is 8.63. The van der Waals surface area contributed by atoms with Gasteiger partial charge >= 0.3 is 5.97 Å². The van der Waals surface area contributed by atoms with E-state index in [2.05, 4.69) is 4.74 Å². The van der Waals surface area contributed by atoms with Gasteiger partial charge in [-0.1, -0.05) is 0 Å². The Bertz CT molecular complexity index is 291. The Balaban J connectivity index is 1.98. The van der Waals surface area contributed by atoms with Gasteiger partial charge < -0.3 is 10.5 Å². The van der Waals surface area contributed by atoms with Gasteiger partial charge in [-0.05, 0) is 25.2 Å². The number of ether oxygens (including phenoxy) is 1. The summed E-state index contributed by atoms with van der Waals surface area (Å²) in [6.45, 7) is 0. The molecular weight excluding hydrogens is 204 g/mol. The summed E-state index contributed by atoms with van der Waals surface area (Å²) in [5.41, 5.74) is 4.14. The van der Waals surface area contributed by atoms with E-state index < -0.39 is 23.3 Å². The predicted molar refractivity (Wildman–Crippen MR) is 49.3 cm³/mol. The fourth-order valence-electron chi connectivity index (χ4n) is 2.07.